The quantitative estimate of drug-likeness (QED) is 0.846. The lowest BCUT2D eigenvalue weighted by atomic mass is 10.0. The Labute approximate surface area is 126 Å². The van der Waals surface area contributed by atoms with Crippen LogP contribution in [0.5, 0.6) is 0 Å². The molecule has 1 atom stereocenters. The molecule has 0 spiro atoms. The Kier molecular flexibility index (Phi) is 5.54. The maximum absolute atomic E-state index is 10.9. The normalized spacial score (nSPS) is 17.9. The third-order valence-electron chi connectivity index (χ3n) is 3.50. The number of morpholine rings is 1. The number of halogens is 1. The van der Waals surface area contributed by atoms with Crippen molar-refractivity contribution in [2.75, 3.05) is 32.8 Å². The largest absolute Gasteiger partial charge is 0.480 e. The Morgan fingerprint density at radius 1 is 1.45 bits per heavy atom. The summed E-state index contributed by atoms with van der Waals surface area (Å²) in [6, 6.07) is 4.56. The lowest BCUT2D eigenvalue weighted by Crippen LogP contribution is -2.37. The number of hydrogen-bond acceptors (Lipinski definition) is 4. The highest BCUT2D eigenvalue weighted by molar-refractivity contribution is 9.10. The topological polar surface area (TPSA) is 75.8 Å². The minimum atomic E-state index is -1.02. The first-order valence-corrected chi connectivity index (χ1v) is 7.44. The van der Waals surface area contributed by atoms with Gasteiger partial charge in [-0.15, -0.1) is 0 Å². The van der Waals surface area contributed by atoms with Crippen molar-refractivity contribution >= 4 is 21.9 Å². The van der Waals surface area contributed by atoms with Crippen LogP contribution in [0.4, 0.5) is 0 Å². The summed E-state index contributed by atoms with van der Waals surface area (Å²) in [5.41, 5.74) is 7.38. The van der Waals surface area contributed by atoms with E-state index >= 15 is 0 Å². The SMILES string of the molecule is NC(C(=O)O)c1ccc(CCN2CCOCC2)c(Br)c1. The molecule has 1 aliphatic heterocycles. The highest BCUT2D eigenvalue weighted by Crippen LogP contribution is 2.22. The average Bonchev–Trinajstić information content (AvgIpc) is 2.46. The molecule has 0 aromatic heterocycles. The molecule has 1 unspecified atom stereocenters. The number of benzene rings is 1. The Balaban J connectivity index is 1.96. The third-order valence-corrected chi connectivity index (χ3v) is 4.24. The number of rotatable bonds is 5. The van der Waals surface area contributed by atoms with Crippen molar-refractivity contribution in [3.8, 4) is 0 Å². The molecule has 110 valence electrons. The molecular formula is C14H19BrN2O3. The molecule has 6 heteroatoms. The van der Waals surface area contributed by atoms with Gasteiger partial charge in [0, 0.05) is 24.1 Å². The summed E-state index contributed by atoms with van der Waals surface area (Å²) >= 11 is 3.50. The van der Waals surface area contributed by atoms with Crippen LogP contribution in [0.15, 0.2) is 22.7 Å². The molecule has 2 rings (SSSR count). The van der Waals surface area contributed by atoms with Crippen molar-refractivity contribution in [2.45, 2.75) is 12.5 Å². The van der Waals surface area contributed by atoms with Gasteiger partial charge in [-0.05, 0) is 23.6 Å². The van der Waals surface area contributed by atoms with E-state index in [1.807, 2.05) is 6.07 Å². The maximum Gasteiger partial charge on any atom is 0.325 e. The van der Waals surface area contributed by atoms with Crippen molar-refractivity contribution in [2.24, 2.45) is 5.73 Å². The molecule has 0 amide bonds. The van der Waals surface area contributed by atoms with Crippen molar-refractivity contribution in [3.63, 3.8) is 0 Å². The van der Waals surface area contributed by atoms with E-state index in [9.17, 15) is 4.79 Å². The summed E-state index contributed by atoms with van der Waals surface area (Å²) < 4.78 is 6.24. The monoisotopic (exact) mass is 342 g/mol. The van der Waals surface area contributed by atoms with E-state index in [1.54, 1.807) is 12.1 Å². The van der Waals surface area contributed by atoms with Gasteiger partial charge in [0.2, 0.25) is 0 Å². The Bertz CT molecular complexity index is 475. The first-order chi connectivity index (χ1) is 9.58. The standard InChI is InChI=1S/C14H19BrN2O3/c15-12-9-11(13(16)14(18)19)2-1-10(12)3-4-17-5-7-20-8-6-17/h1-2,9,13H,3-8,16H2,(H,18,19). The van der Waals surface area contributed by atoms with Gasteiger partial charge in [0.1, 0.15) is 6.04 Å². The molecule has 1 heterocycles. The molecule has 20 heavy (non-hydrogen) atoms. The Morgan fingerprint density at radius 2 is 2.15 bits per heavy atom. The second kappa shape index (κ2) is 7.17. The molecule has 0 aliphatic carbocycles. The van der Waals surface area contributed by atoms with Crippen molar-refractivity contribution in [3.05, 3.63) is 33.8 Å². The lowest BCUT2D eigenvalue weighted by molar-refractivity contribution is -0.138. The minimum Gasteiger partial charge on any atom is -0.480 e. The predicted molar refractivity (Wildman–Crippen MR) is 79.7 cm³/mol. The van der Waals surface area contributed by atoms with Gasteiger partial charge in [0.05, 0.1) is 13.2 Å². The number of hydrogen-bond donors (Lipinski definition) is 2. The van der Waals surface area contributed by atoms with E-state index < -0.39 is 12.0 Å². The number of aliphatic carboxylic acids is 1. The van der Waals surface area contributed by atoms with E-state index in [1.165, 1.54) is 0 Å². The molecule has 1 aromatic rings. The van der Waals surface area contributed by atoms with Gasteiger partial charge >= 0.3 is 5.97 Å². The van der Waals surface area contributed by atoms with Crippen molar-refractivity contribution in [1.29, 1.82) is 0 Å². The molecule has 0 radical (unpaired) electrons. The second-order valence-electron chi connectivity index (χ2n) is 4.87. The number of nitrogens with zero attached hydrogens (tertiary/aromatic N) is 1. The first kappa shape index (κ1) is 15.4. The van der Waals surface area contributed by atoms with Crippen LogP contribution in [0.3, 0.4) is 0 Å². The molecule has 0 bridgehead atoms. The lowest BCUT2D eigenvalue weighted by Gasteiger charge is -2.26. The molecular weight excluding hydrogens is 324 g/mol. The fourth-order valence-corrected chi connectivity index (χ4v) is 2.80. The Hall–Kier alpha value is -0.950. The van der Waals surface area contributed by atoms with Gasteiger partial charge in [-0.3, -0.25) is 9.69 Å². The second-order valence-corrected chi connectivity index (χ2v) is 5.73. The summed E-state index contributed by atoms with van der Waals surface area (Å²) in [7, 11) is 0. The van der Waals surface area contributed by atoms with Crippen LogP contribution in [0, 0.1) is 0 Å². The zero-order valence-corrected chi connectivity index (χ0v) is 12.8. The average molecular weight is 343 g/mol. The van der Waals surface area contributed by atoms with Crippen LogP contribution in [-0.4, -0.2) is 48.8 Å². The summed E-state index contributed by atoms with van der Waals surface area (Å²) in [5.74, 6) is -1.02. The smallest absolute Gasteiger partial charge is 0.325 e. The van der Waals surface area contributed by atoms with Crippen LogP contribution in [0.25, 0.3) is 0 Å². The molecule has 0 saturated carbocycles. The molecule has 1 saturated heterocycles. The van der Waals surface area contributed by atoms with Gasteiger partial charge in [0.15, 0.2) is 0 Å². The van der Waals surface area contributed by atoms with E-state index in [2.05, 4.69) is 20.8 Å². The van der Waals surface area contributed by atoms with Crippen LogP contribution in [0.1, 0.15) is 17.2 Å². The summed E-state index contributed by atoms with van der Waals surface area (Å²) in [6.45, 7) is 4.52. The maximum atomic E-state index is 10.9. The highest BCUT2D eigenvalue weighted by Gasteiger charge is 2.16. The van der Waals surface area contributed by atoms with Crippen molar-refractivity contribution in [1.82, 2.24) is 4.90 Å². The Morgan fingerprint density at radius 3 is 2.75 bits per heavy atom. The number of carboxylic acid groups (broad SMARTS) is 1. The molecule has 5 nitrogen and oxygen atoms in total. The predicted octanol–water partition coefficient (Wildman–Crippen LogP) is 1.41. The summed E-state index contributed by atoms with van der Waals surface area (Å²) in [5, 5.41) is 8.91. The van der Waals surface area contributed by atoms with Gasteiger partial charge < -0.3 is 15.6 Å². The van der Waals surface area contributed by atoms with Crippen LogP contribution < -0.4 is 5.73 Å². The van der Waals surface area contributed by atoms with Crippen LogP contribution in [-0.2, 0) is 16.0 Å². The van der Waals surface area contributed by atoms with Gasteiger partial charge in [0.25, 0.3) is 0 Å². The number of ether oxygens (including phenoxy) is 1. The fourth-order valence-electron chi connectivity index (χ4n) is 2.21. The van der Waals surface area contributed by atoms with E-state index in [0.29, 0.717) is 5.56 Å². The first-order valence-electron chi connectivity index (χ1n) is 6.65. The molecule has 1 fully saturated rings. The van der Waals surface area contributed by atoms with Crippen molar-refractivity contribution < 1.29 is 14.6 Å². The molecule has 3 N–H and O–H groups in total. The summed E-state index contributed by atoms with van der Waals surface area (Å²) in [6.07, 6.45) is 0.920. The van der Waals surface area contributed by atoms with E-state index in [-0.39, 0.29) is 0 Å². The third kappa shape index (κ3) is 4.02. The zero-order chi connectivity index (χ0) is 14.5. The van der Waals surface area contributed by atoms with Gasteiger partial charge in [-0.1, -0.05) is 28.1 Å². The molecule has 1 aliphatic rings. The number of nitrogens with two attached hydrogens (primary N) is 1. The van der Waals surface area contributed by atoms with E-state index in [4.69, 9.17) is 15.6 Å². The minimum absolute atomic E-state index is 0.611. The zero-order valence-electron chi connectivity index (χ0n) is 11.2. The molecule has 1 aromatic carbocycles. The van der Waals surface area contributed by atoms with Crippen LogP contribution >= 0.6 is 15.9 Å². The number of carboxylic acids is 1. The summed E-state index contributed by atoms with van der Waals surface area (Å²) in [4.78, 5) is 13.2. The van der Waals surface area contributed by atoms with Gasteiger partial charge in [-0.2, -0.15) is 0 Å². The van der Waals surface area contributed by atoms with Crippen LogP contribution in [0.2, 0.25) is 0 Å². The van der Waals surface area contributed by atoms with Gasteiger partial charge in [-0.25, -0.2) is 0 Å². The fraction of sp³-hybridized carbons (Fsp3) is 0.500. The van der Waals surface area contributed by atoms with E-state index in [0.717, 1.165) is 49.3 Å². The number of carbonyl (C=O) groups is 1. The highest BCUT2D eigenvalue weighted by atomic mass is 79.9.